The van der Waals surface area contributed by atoms with Gasteiger partial charge in [0.2, 0.25) is 0 Å². The van der Waals surface area contributed by atoms with Crippen LogP contribution in [0.2, 0.25) is 0 Å². The summed E-state index contributed by atoms with van der Waals surface area (Å²) in [5, 5.41) is 7.50. The standard InChI is InChI=1S/C15H11FN2OS/c1-10-14(9-13-3-2-8-20-13)15(19)18(17-10)12-6-4-11(16)5-7-12/h2-9H,1H3/b14-9-. The Bertz CT molecular complexity index is 702. The third kappa shape index (κ3) is 2.28. The average molecular weight is 286 g/mol. The van der Waals surface area contributed by atoms with Gasteiger partial charge in [-0.05, 0) is 48.7 Å². The minimum Gasteiger partial charge on any atom is -0.267 e. The Labute approximate surface area is 119 Å². The van der Waals surface area contributed by atoms with E-state index in [4.69, 9.17) is 0 Å². The highest BCUT2D eigenvalue weighted by Crippen LogP contribution is 2.25. The van der Waals surface area contributed by atoms with E-state index in [9.17, 15) is 9.18 Å². The van der Waals surface area contributed by atoms with Crippen LogP contribution in [-0.4, -0.2) is 11.6 Å². The molecule has 2 heterocycles. The summed E-state index contributed by atoms with van der Waals surface area (Å²) in [5.41, 5.74) is 1.79. The second-order valence-electron chi connectivity index (χ2n) is 4.35. The number of hydrogen-bond donors (Lipinski definition) is 0. The maximum atomic E-state index is 12.9. The van der Waals surface area contributed by atoms with Crippen molar-refractivity contribution >= 4 is 34.7 Å². The van der Waals surface area contributed by atoms with Gasteiger partial charge in [-0.1, -0.05) is 6.07 Å². The van der Waals surface area contributed by atoms with Crippen molar-refractivity contribution < 1.29 is 9.18 Å². The van der Waals surface area contributed by atoms with Crippen LogP contribution in [0.5, 0.6) is 0 Å². The van der Waals surface area contributed by atoms with E-state index in [0.29, 0.717) is 17.0 Å². The third-order valence-electron chi connectivity index (χ3n) is 2.96. The van der Waals surface area contributed by atoms with E-state index in [0.717, 1.165) is 4.88 Å². The molecule has 0 atom stereocenters. The number of halogens is 1. The van der Waals surface area contributed by atoms with Crippen molar-refractivity contribution in [1.29, 1.82) is 0 Å². The fourth-order valence-electron chi connectivity index (χ4n) is 1.96. The quantitative estimate of drug-likeness (QED) is 0.775. The van der Waals surface area contributed by atoms with Crippen LogP contribution < -0.4 is 5.01 Å². The number of thiophene rings is 1. The summed E-state index contributed by atoms with van der Waals surface area (Å²) in [6.45, 7) is 1.79. The molecule has 2 aromatic rings. The minimum atomic E-state index is -0.338. The molecule has 0 saturated carbocycles. The summed E-state index contributed by atoms with van der Waals surface area (Å²) in [5.74, 6) is -0.530. The zero-order valence-corrected chi connectivity index (χ0v) is 11.5. The number of anilines is 1. The number of carbonyl (C=O) groups is 1. The molecule has 0 unspecified atom stereocenters. The molecule has 1 aromatic heterocycles. The normalized spacial score (nSPS) is 16.9. The first-order chi connectivity index (χ1) is 9.65. The maximum Gasteiger partial charge on any atom is 0.280 e. The van der Waals surface area contributed by atoms with Crippen molar-refractivity contribution in [3.8, 4) is 0 Å². The van der Waals surface area contributed by atoms with Gasteiger partial charge in [0.25, 0.3) is 5.91 Å². The largest absolute Gasteiger partial charge is 0.280 e. The Kier molecular flexibility index (Phi) is 3.20. The van der Waals surface area contributed by atoms with E-state index >= 15 is 0 Å². The van der Waals surface area contributed by atoms with Gasteiger partial charge in [-0.2, -0.15) is 10.1 Å². The van der Waals surface area contributed by atoms with Crippen molar-refractivity contribution in [2.45, 2.75) is 6.92 Å². The Hall–Kier alpha value is -2.27. The van der Waals surface area contributed by atoms with Crippen LogP contribution in [0.15, 0.2) is 52.5 Å². The molecule has 0 spiro atoms. The van der Waals surface area contributed by atoms with Gasteiger partial charge < -0.3 is 0 Å². The van der Waals surface area contributed by atoms with Gasteiger partial charge in [0.05, 0.1) is 17.0 Å². The van der Waals surface area contributed by atoms with Gasteiger partial charge in [0.1, 0.15) is 5.82 Å². The molecule has 1 amide bonds. The summed E-state index contributed by atoms with van der Waals surface area (Å²) in [7, 11) is 0. The topological polar surface area (TPSA) is 32.7 Å². The zero-order valence-electron chi connectivity index (χ0n) is 10.7. The highest BCUT2D eigenvalue weighted by atomic mass is 32.1. The first kappa shape index (κ1) is 12.7. The number of hydrogen-bond acceptors (Lipinski definition) is 3. The molecular formula is C15H11FN2OS. The van der Waals surface area contributed by atoms with Crippen LogP contribution in [0.4, 0.5) is 10.1 Å². The lowest BCUT2D eigenvalue weighted by Crippen LogP contribution is -2.21. The molecule has 1 aliphatic heterocycles. The van der Waals surface area contributed by atoms with Crippen molar-refractivity contribution in [3.63, 3.8) is 0 Å². The molecule has 0 aliphatic carbocycles. The molecule has 3 nitrogen and oxygen atoms in total. The summed E-state index contributed by atoms with van der Waals surface area (Å²) in [6.07, 6.45) is 1.83. The first-order valence-corrected chi connectivity index (χ1v) is 6.94. The van der Waals surface area contributed by atoms with E-state index in [1.165, 1.54) is 29.3 Å². The molecule has 0 N–H and O–H groups in total. The molecule has 0 fully saturated rings. The van der Waals surface area contributed by atoms with Crippen molar-refractivity contribution in [2.75, 3.05) is 5.01 Å². The van der Waals surface area contributed by atoms with Crippen LogP contribution >= 0.6 is 11.3 Å². The van der Waals surface area contributed by atoms with E-state index in [2.05, 4.69) is 5.10 Å². The molecule has 1 aromatic carbocycles. The lowest BCUT2D eigenvalue weighted by Gasteiger charge is -2.11. The zero-order chi connectivity index (χ0) is 14.1. The lowest BCUT2D eigenvalue weighted by atomic mass is 10.1. The summed E-state index contributed by atoms with van der Waals surface area (Å²) < 4.78 is 12.9. The summed E-state index contributed by atoms with van der Waals surface area (Å²) in [4.78, 5) is 13.4. The average Bonchev–Trinajstić information content (AvgIpc) is 3.04. The van der Waals surface area contributed by atoms with Gasteiger partial charge >= 0.3 is 0 Å². The van der Waals surface area contributed by atoms with Gasteiger partial charge in [-0.15, -0.1) is 11.3 Å². The number of amides is 1. The van der Waals surface area contributed by atoms with Crippen molar-refractivity contribution in [2.24, 2.45) is 5.10 Å². The molecule has 20 heavy (non-hydrogen) atoms. The molecule has 5 heteroatoms. The van der Waals surface area contributed by atoms with Crippen LogP contribution in [-0.2, 0) is 4.79 Å². The Balaban J connectivity index is 1.94. The number of nitrogens with zero attached hydrogens (tertiary/aromatic N) is 2. The number of hydrazone groups is 1. The monoisotopic (exact) mass is 286 g/mol. The van der Waals surface area contributed by atoms with Crippen LogP contribution in [0.25, 0.3) is 6.08 Å². The second kappa shape index (κ2) is 5.02. The molecular weight excluding hydrogens is 275 g/mol. The van der Waals surface area contributed by atoms with Crippen LogP contribution in [0.3, 0.4) is 0 Å². The smallest absolute Gasteiger partial charge is 0.267 e. The minimum absolute atomic E-state index is 0.192. The Morgan fingerprint density at radius 3 is 2.65 bits per heavy atom. The van der Waals surface area contributed by atoms with Gasteiger partial charge in [-0.3, -0.25) is 4.79 Å². The highest BCUT2D eigenvalue weighted by Gasteiger charge is 2.28. The maximum absolute atomic E-state index is 12.9. The van der Waals surface area contributed by atoms with Crippen molar-refractivity contribution in [1.82, 2.24) is 0 Å². The number of carbonyl (C=O) groups excluding carboxylic acids is 1. The van der Waals surface area contributed by atoms with Gasteiger partial charge in [0, 0.05) is 4.88 Å². The number of rotatable bonds is 2. The molecule has 100 valence electrons. The summed E-state index contributed by atoms with van der Waals surface area (Å²) >= 11 is 1.56. The van der Waals surface area contributed by atoms with E-state index in [-0.39, 0.29) is 11.7 Å². The Morgan fingerprint density at radius 2 is 2.00 bits per heavy atom. The molecule has 3 rings (SSSR count). The number of benzene rings is 1. The fourth-order valence-corrected chi connectivity index (χ4v) is 2.61. The van der Waals surface area contributed by atoms with Crippen LogP contribution in [0, 0.1) is 5.82 Å². The SMILES string of the molecule is CC1=NN(c2ccc(F)cc2)C(=O)/C1=C\c1cccs1. The molecule has 0 radical (unpaired) electrons. The molecule has 0 saturated heterocycles. The molecule has 0 bridgehead atoms. The first-order valence-electron chi connectivity index (χ1n) is 6.06. The lowest BCUT2D eigenvalue weighted by molar-refractivity contribution is -0.114. The highest BCUT2D eigenvalue weighted by molar-refractivity contribution is 7.10. The van der Waals surface area contributed by atoms with Gasteiger partial charge in [-0.25, -0.2) is 4.39 Å². The van der Waals surface area contributed by atoms with E-state index < -0.39 is 0 Å². The van der Waals surface area contributed by atoms with E-state index in [1.54, 1.807) is 18.3 Å². The predicted octanol–water partition coefficient (Wildman–Crippen LogP) is 3.69. The van der Waals surface area contributed by atoms with Crippen molar-refractivity contribution in [3.05, 3.63) is 58.0 Å². The molecule has 1 aliphatic rings. The third-order valence-corrected chi connectivity index (χ3v) is 3.78. The summed E-state index contributed by atoms with van der Waals surface area (Å²) in [6, 6.07) is 9.58. The van der Waals surface area contributed by atoms with Crippen LogP contribution in [0.1, 0.15) is 11.8 Å². The van der Waals surface area contributed by atoms with E-state index in [1.807, 2.05) is 23.6 Å². The second-order valence-corrected chi connectivity index (χ2v) is 5.33. The van der Waals surface area contributed by atoms with Gasteiger partial charge in [0.15, 0.2) is 0 Å². The Morgan fingerprint density at radius 1 is 1.25 bits per heavy atom. The predicted molar refractivity (Wildman–Crippen MR) is 79.3 cm³/mol. The fraction of sp³-hybridized carbons (Fsp3) is 0.0667.